The third-order valence-corrected chi connectivity index (χ3v) is 6.03. The molecular weight excluding hydrogens is 318 g/mol. The molecule has 1 N–H and O–H groups in total. The van der Waals surface area contributed by atoms with Crippen molar-refractivity contribution >= 4 is 28.3 Å². The fourth-order valence-electron chi connectivity index (χ4n) is 3.80. The number of nitrogens with zero attached hydrogens (tertiary/aromatic N) is 2. The first-order chi connectivity index (χ1) is 11.6. The number of aromatic amines is 1. The summed E-state index contributed by atoms with van der Waals surface area (Å²) in [5.74, 6) is 1.09. The Bertz CT molecular complexity index is 882. The first kappa shape index (κ1) is 15.4. The number of carbonyl (C=O) groups excluding carboxylic acids is 1. The number of hydrogen-bond acceptors (Lipinski definition) is 3. The van der Waals surface area contributed by atoms with E-state index in [0.717, 1.165) is 30.0 Å². The number of pyridine rings is 1. The molecule has 0 saturated carbocycles. The van der Waals surface area contributed by atoms with E-state index in [2.05, 4.69) is 29.0 Å². The molecule has 0 aliphatic carbocycles. The van der Waals surface area contributed by atoms with Crippen LogP contribution in [-0.2, 0) is 0 Å². The van der Waals surface area contributed by atoms with Gasteiger partial charge in [0.15, 0.2) is 0 Å². The van der Waals surface area contributed by atoms with Crippen LogP contribution in [0.3, 0.4) is 0 Å². The lowest BCUT2D eigenvalue weighted by molar-refractivity contribution is 0.0666. The van der Waals surface area contributed by atoms with Gasteiger partial charge in [-0.25, -0.2) is 4.98 Å². The Labute approximate surface area is 145 Å². The fourth-order valence-corrected chi connectivity index (χ4v) is 4.64. The number of nitrogens with one attached hydrogen (secondary N) is 1. The van der Waals surface area contributed by atoms with Crippen molar-refractivity contribution in [2.45, 2.75) is 26.2 Å². The Balaban J connectivity index is 1.54. The summed E-state index contributed by atoms with van der Waals surface area (Å²) in [5.41, 5.74) is 2.31. The predicted molar refractivity (Wildman–Crippen MR) is 97.6 cm³/mol. The van der Waals surface area contributed by atoms with E-state index in [1.54, 1.807) is 11.3 Å². The summed E-state index contributed by atoms with van der Waals surface area (Å²) in [5, 5.41) is 1.21. The molecule has 4 rings (SSSR count). The lowest BCUT2D eigenvalue weighted by Gasteiger charge is -2.37. The van der Waals surface area contributed by atoms with Gasteiger partial charge >= 0.3 is 0 Å². The number of thiophene rings is 1. The second kappa shape index (κ2) is 6.06. The summed E-state index contributed by atoms with van der Waals surface area (Å²) in [6, 6.07) is 8.22. The molecule has 3 aromatic rings. The summed E-state index contributed by atoms with van der Waals surface area (Å²) >= 11 is 1.59. The van der Waals surface area contributed by atoms with E-state index in [4.69, 9.17) is 0 Å². The minimum Gasteiger partial charge on any atom is -0.346 e. The molecule has 124 valence electrons. The number of rotatable bonds is 2. The lowest BCUT2D eigenvalue weighted by Crippen LogP contribution is -2.41. The van der Waals surface area contributed by atoms with Gasteiger partial charge in [-0.1, -0.05) is 6.92 Å². The molecule has 1 aliphatic rings. The Hall–Kier alpha value is -2.14. The van der Waals surface area contributed by atoms with Crippen LogP contribution in [0.2, 0.25) is 0 Å². The topological polar surface area (TPSA) is 49.0 Å². The average Bonchev–Trinajstić information content (AvgIpc) is 3.22. The van der Waals surface area contributed by atoms with Gasteiger partial charge in [-0.15, -0.1) is 11.3 Å². The van der Waals surface area contributed by atoms with Crippen molar-refractivity contribution in [3.8, 4) is 0 Å². The number of aryl methyl sites for hydroxylation is 1. The van der Waals surface area contributed by atoms with Crippen LogP contribution >= 0.6 is 11.3 Å². The number of amides is 1. The van der Waals surface area contributed by atoms with Crippen LogP contribution in [0.15, 0.2) is 36.7 Å². The average molecular weight is 339 g/mol. The van der Waals surface area contributed by atoms with Gasteiger partial charge in [0, 0.05) is 35.7 Å². The van der Waals surface area contributed by atoms with Gasteiger partial charge in [0.2, 0.25) is 0 Å². The number of aromatic nitrogens is 2. The highest BCUT2D eigenvalue weighted by atomic mass is 32.1. The number of hydrogen-bond donors (Lipinski definition) is 1. The van der Waals surface area contributed by atoms with Crippen molar-refractivity contribution in [3.63, 3.8) is 0 Å². The number of H-pyrrole nitrogens is 1. The SMILES string of the molecule is Cc1ccc(C(=O)N2CCC(c3ccnc4[nH]ccc34)C(C)C2)s1. The maximum Gasteiger partial charge on any atom is 0.263 e. The van der Waals surface area contributed by atoms with Gasteiger partial charge in [-0.2, -0.15) is 0 Å². The van der Waals surface area contributed by atoms with Crippen LogP contribution in [0, 0.1) is 12.8 Å². The molecule has 0 aromatic carbocycles. The third-order valence-electron chi connectivity index (χ3n) is 5.04. The highest BCUT2D eigenvalue weighted by Gasteiger charge is 2.31. The minimum atomic E-state index is 0.180. The summed E-state index contributed by atoms with van der Waals surface area (Å²) in [6.07, 6.45) is 4.83. The summed E-state index contributed by atoms with van der Waals surface area (Å²) < 4.78 is 0. The van der Waals surface area contributed by atoms with E-state index >= 15 is 0 Å². The van der Waals surface area contributed by atoms with Crippen LogP contribution in [0.5, 0.6) is 0 Å². The van der Waals surface area contributed by atoms with Crippen LogP contribution in [0.1, 0.15) is 39.4 Å². The molecule has 0 bridgehead atoms. The molecular formula is C19H21N3OS. The molecule has 0 radical (unpaired) electrons. The number of carbonyl (C=O) groups is 1. The van der Waals surface area contributed by atoms with E-state index < -0.39 is 0 Å². The van der Waals surface area contributed by atoms with E-state index in [1.165, 1.54) is 15.8 Å². The molecule has 2 atom stereocenters. The number of piperidine rings is 1. The van der Waals surface area contributed by atoms with Gasteiger partial charge in [-0.3, -0.25) is 4.79 Å². The molecule has 3 aromatic heterocycles. The van der Waals surface area contributed by atoms with Crippen molar-refractivity contribution in [1.82, 2.24) is 14.9 Å². The Kier molecular flexibility index (Phi) is 3.88. The molecule has 0 spiro atoms. The number of fused-ring (bicyclic) bond motifs is 1. The first-order valence-corrected chi connectivity index (χ1v) is 9.23. The van der Waals surface area contributed by atoms with Crippen LogP contribution in [0.4, 0.5) is 0 Å². The molecule has 4 nitrogen and oxygen atoms in total. The molecule has 2 unspecified atom stereocenters. The first-order valence-electron chi connectivity index (χ1n) is 8.41. The highest BCUT2D eigenvalue weighted by molar-refractivity contribution is 7.13. The maximum atomic E-state index is 12.7. The zero-order valence-corrected chi connectivity index (χ0v) is 14.8. The Morgan fingerprint density at radius 3 is 2.96 bits per heavy atom. The second-order valence-electron chi connectivity index (χ2n) is 6.67. The molecule has 1 aliphatic heterocycles. The van der Waals surface area contributed by atoms with E-state index in [9.17, 15) is 4.79 Å². The summed E-state index contributed by atoms with van der Waals surface area (Å²) in [6.45, 7) is 5.93. The van der Waals surface area contributed by atoms with Crippen molar-refractivity contribution in [1.29, 1.82) is 0 Å². The van der Waals surface area contributed by atoms with Gasteiger partial charge in [0.05, 0.1) is 4.88 Å². The van der Waals surface area contributed by atoms with Crippen molar-refractivity contribution < 1.29 is 4.79 Å². The largest absolute Gasteiger partial charge is 0.346 e. The van der Waals surface area contributed by atoms with Gasteiger partial charge < -0.3 is 9.88 Å². The van der Waals surface area contributed by atoms with E-state index in [-0.39, 0.29) is 5.91 Å². The minimum absolute atomic E-state index is 0.180. The second-order valence-corrected chi connectivity index (χ2v) is 7.96. The highest BCUT2D eigenvalue weighted by Crippen LogP contribution is 2.36. The number of likely N-dealkylation sites (tertiary alicyclic amines) is 1. The van der Waals surface area contributed by atoms with Crippen LogP contribution < -0.4 is 0 Å². The molecule has 1 saturated heterocycles. The van der Waals surface area contributed by atoms with Gasteiger partial charge in [0.25, 0.3) is 5.91 Å². The standard InChI is InChI=1S/C19H21N3OS/c1-12-11-22(19(23)17-4-3-13(2)24-17)10-7-14(12)15-5-8-20-18-16(15)6-9-21-18/h3-6,8-9,12,14H,7,10-11H2,1-2H3,(H,20,21). The molecule has 1 amide bonds. The summed E-state index contributed by atoms with van der Waals surface area (Å²) in [4.78, 5) is 24.3. The normalized spacial score (nSPS) is 21.3. The lowest BCUT2D eigenvalue weighted by atomic mass is 9.81. The maximum absolute atomic E-state index is 12.7. The third kappa shape index (κ3) is 2.63. The van der Waals surface area contributed by atoms with Crippen LogP contribution in [-0.4, -0.2) is 33.9 Å². The van der Waals surface area contributed by atoms with Crippen molar-refractivity contribution in [2.24, 2.45) is 5.92 Å². The van der Waals surface area contributed by atoms with Crippen molar-refractivity contribution in [3.05, 3.63) is 52.0 Å². The molecule has 5 heteroatoms. The van der Waals surface area contributed by atoms with E-state index in [0.29, 0.717) is 11.8 Å². The quantitative estimate of drug-likeness (QED) is 0.761. The molecule has 24 heavy (non-hydrogen) atoms. The van der Waals surface area contributed by atoms with Gasteiger partial charge in [-0.05, 0) is 55.0 Å². The zero-order valence-electron chi connectivity index (χ0n) is 14.0. The monoisotopic (exact) mass is 339 g/mol. The van der Waals surface area contributed by atoms with Crippen LogP contribution in [0.25, 0.3) is 11.0 Å². The van der Waals surface area contributed by atoms with Gasteiger partial charge in [0.1, 0.15) is 5.65 Å². The fraction of sp³-hybridized carbons (Fsp3) is 0.368. The Morgan fingerprint density at radius 2 is 2.21 bits per heavy atom. The molecule has 4 heterocycles. The van der Waals surface area contributed by atoms with E-state index in [1.807, 2.05) is 36.4 Å². The van der Waals surface area contributed by atoms with Crippen molar-refractivity contribution in [2.75, 3.05) is 13.1 Å². The Morgan fingerprint density at radius 1 is 1.33 bits per heavy atom. The summed E-state index contributed by atoms with van der Waals surface area (Å²) in [7, 11) is 0. The predicted octanol–water partition coefficient (Wildman–Crippen LogP) is 4.20. The zero-order chi connectivity index (χ0) is 16.7. The smallest absolute Gasteiger partial charge is 0.263 e. The molecule has 1 fully saturated rings.